The molecule has 2 aromatic carbocycles. The van der Waals surface area contributed by atoms with Gasteiger partial charge in [-0.2, -0.15) is 0 Å². The number of aryl methyl sites for hydroxylation is 1. The van der Waals surface area contributed by atoms with Gasteiger partial charge in [-0.05, 0) is 47.9 Å². The molecule has 0 amide bonds. The first kappa shape index (κ1) is 20.8. The quantitative estimate of drug-likeness (QED) is 0.483. The van der Waals surface area contributed by atoms with E-state index in [1.807, 2.05) is 24.3 Å². The first-order valence-corrected chi connectivity index (χ1v) is 10.2. The molecule has 33 heavy (non-hydrogen) atoms. The summed E-state index contributed by atoms with van der Waals surface area (Å²) in [6.45, 7) is 1.63. The summed E-state index contributed by atoms with van der Waals surface area (Å²) in [4.78, 5) is 16.8. The lowest BCUT2D eigenvalue weighted by atomic mass is 9.76. The van der Waals surface area contributed by atoms with Gasteiger partial charge >= 0.3 is 0 Å². The van der Waals surface area contributed by atoms with Gasteiger partial charge in [0.2, 0.25) is 0 Å². The van der Waals surface area contributed by atoms with Crippen LogP contribution >= 0.6 is 0 Å². The summed E-state index contributed by atoms with van der Waals surface area (Å²) in [6, 6.07) is 15.0. The van der Waals surface area contributed by atoms with E-state index in [2.05, 4.69) is 15.0 Å². The van der Waals surface area contributed by atoms with Crippen LogP contribution in [0.2, 0.25) is 0 Å². The Morgan fingerprint density at radius 1 is 0.909 bits per heavy atom. The Hall–Kier alpha value is -4.07. The number of amidine groups is 1. The van der Waals surface area contributed by atoms with Gasteiger partial charge in [0.05, 0.1) is 5.56 Å². The van der Waals surface area contributed by atoms with Crippen molar-refractivity contribution in [1.29, 1.82) is 0 Å². The van der Waals surface area contributed by atoms with Crippen LogP contribution in [0.3, 0.4) is 0 Å². The molecule has 5 rings (SSSR count). The molecule has 0 radical (unpaired) electrons. The van der Waals surface area contributed by atoms with Gasteiger partial charge in [0.1, 0.15) is 29.2 Å². The van der Waals surface area contributed by atoms with E-state index >= 15 is 0 Å². The number of fused-ring (bicyclic) bond motifs is 1. The summed E-state index contributed by atoms with van der Waals surface area (Å²) in [5, 5.41) is 0. The largest absolute Gasteiger partial charge is 0.383 e. The highest BCUT2D eigenvalue weighted by atomic mass is 19.3. The van der Waals surface area contributed by atoms with Gasteiger partial charge in [0.25, 0.3) is 6.43 Å². The van der Waals surface area contributed by atoms with Gasteiger partial charge in [-0.3, -0.25) is 4.98 Å². The van der Waals surface area contributed by atoms with Crippen molar-refractivity contribution in [3.63, 3.8) is 0 Å². The average Bonchev–Trinajstić information content (AvgIpc) is 3.14. The third-order valence-electron chi connectivity index (χ3n) is 5.74. The van der Waals surface area contributed by atoms with Crippen LogP contribution in [0, 0.1) is 12.7 Å². The molecule has 0 saturated carbocycles. The first-order chi connectivity index (χ1) is 15.9. The summed E-state index contributed by atoms with van der Waals surface area (Å²) in [5.74, 6) is -0.521. The number of aliphatic imine (C=N–C) groups is 1. The molecule has 164 valence electrons. The van der Waals surface area contributed by atoms with E-state index in [-0.39, 0.29) is 17.1 Å². The van der Waals surface area contributed by atoms with Gasteiger partial charge in [-0.15, -0.1) is 0 Å². The summed E-state index contributed by atoms with van der Waals surface area (Å²) in [5.41, 5.74) is 8.18. The highest BCUT2D eigenvalue weighted by Gasteiger charge is 2.44. The van der Waals surface area contributed by atoms with Crippen LogP contribution in [0.5, 0.6) is 0 Å². The lowest BCUT2D eigenvalue weighted by Crippen LogP contribution is -2.26. The van der Waals surface area contributed by atoms with Crippen LogP contribution in [0.25, 0.3) is 11.1 Å². The topological polar surface area (TPSA) is 77.0 Å². The van der Waals surface area contributed by atoms with Gasteiger partial charge in [-0.25, -0.2) is 28.1 Å². The molecule has 8 heteroatoms. The zero-order chi connectivity index (χ0) is 23.2. The molecule has 0 saturated heterocycles. The van der Waals surface area contributed by atoms with Crippen molar-refractivity contribution in [1.82, 2.24) is 15.0 Å². The number of benzene rings is 2. The summed E-state index contributed by atoms with van der Waals surface area (Å²) >= 11 is 0. The molecule has 0 fully saturated rings. The van der Waals surface area contributed by atoms with Crippen LogP contribution in [0.1, 0.15) is 40.1 Å². The highest BCUT2D eigenvalue weighted by molar-refractivity contribution is 6.03. The Morgan fingerprint density at radius 3 is 2.42 bits per heavy atom. The molecule has 0 spiro atoms. The van der Waals surface area contributed by atoms with Gasteiger partial charge in [-0.1, -0.05) is 30.3 Å². The molecule has 0 aliphatic carbocycles. The minimum atomic E-state index is -2.77. The SMILES string of the molecule is Cc1cc(C2(c3cccc(-c4cncnc4)c3)N=C(N)c3c(F)cccc32)cc(C(F)F)n1. The van der Waals surface area contributed by atoms with E-state index in [1.165, 1.54) is 18.5 Å². The third-order valence-corrected chi connectivity index (χ3v) is 5.74. The van der Waals surface area contributed by atoms with Crippen molar-refractivity contribution >= 4 is 5.84 Å². The fourth-order valence-corrected chi connectivity index (χ4v) is 4.38. The van der Waals surface area contributed by atoms with Crippen LogP contribution in [-0.2, 0) is 5.54 Å². The molecule has 3 heterocycles. The summed E-state index contributed by atoms with van der Waals surface area (Å²) < 4.78 is 42.2. The van der Waals surface area contributed by atoms with E-state index in [4.69, 9.17) is 10.7 Å². The number of aromatic nitrogens is 3. The third kappa shape index (κ3) is 3.34. The smallest absolute Gasteiger partial charge is 0.280 e. The van der Waals surface area contributed by atoms with Crippen molar-refractivity contribution in [3.05, 3.63) is 113 Å². The zero-order valence-electron chi connectivity index (χ0n) is 17.5. The predicted molar refractivity (Wildman–Crippen MR) is 118 cm³/mol. The molecule has 4 aromatic rings. The van der Waals surface area contributed by atoms with Crippen LogP contribution in [-0.4, -0.2) is 20.8 Å². The molecule has 1 unspecified atom stereocenters. The van der Waals surface area contributed by atoms with Crippen LogP contribution in [0.4, 0.5) is 13.2 Å². The summed E-state index contributed by atoms with van der Waals surface area (Å²) in [7, 11) is 0. The molecule has 1 atom stereocenters. The Labute approximate surface area is 187 Å². The van der Waals surface area contributed by atoms with Crippen LogP contribution in [0.15, 0.2) is 78.3 Å². The number of pyridine rings is 1. The van der Waals surface area contributed by atoms with E-state index in [1.54, 1.807) is 37.5 Å². The molecule has 1 aliphatic heterocycles. The molecular formula is C25H18F3N5. The Morgan fingerprint density at radius 2 is 1.67 bits per heavy atom. The number of alkyl halides is 2. The number of rotatable bonds is 4. The number of halogens is 3. The first-order valence-electron chi connectivity index (χ1n) is 10.2. The molecule has 1 aliphatic rings. The zero-order valence-corrected chi connectivity index (χ0v) is 17.5. The van der Waals surface area contributed by atoms with Crippen molar-refractivity contribution in [2.45, 2.75) is 18.9 Å². The van der Waals surface area contributed by atoms with Crippen molar-refractivity contribution in [2.75, 3.05) is 0 Å². The lowest BCUT2D eigenvalue weighted by Gasteiger charge is -2.30. The van der Waals surface area contributed by atoms with E-state index in [9.17, 15) is 13.2 Å². The van der Waals surface area contributed by atoms with Crippen molar-refractivity contribution in [3.8, 4) is 11.1 Å². The van der Waals surface area contributed by atoms with Gasteiger partial charge in [0, 0.05) is 29.2 Å². The van der Waals surface area contributed by atoms with E-state index < -0.39 is 17.8 Å². The second kappa shape index (κ2) is 7.81. The number of nitrogens with two attached hydrogens (primary N) is 1. The van der Waals surface area contributed by atoms with Gasteiger partial charge in [0.15, 0.2) is 0 Å². The Bertz CT molecular complexity index is 1390. The number of hydrogen-bond donors (Lipinski definition) is 1. The lowest BCUT2D eigenvalue weighted by molar-refractivity contribution is 0.145. The van der Waals surface area contributed by atoms with Gasteiger partial charge < -0.3 is 5.73 Å². The van der Waals surface area contributed by atoms with E-state index in [0.29, 0.717) is 22.4 Å². The maximum absolute atomic E-state index is 14.8. The number of hydrogen-bond acceptors (Lipinski definition) is 5. The molecule has 5 nitrogen and oxygen atoms in total. The second-order valence-corrected chi connectivity index (χ2v) is 7.80. The molecule has 2 aromatic heterocycles. The summed E-state index contributed by atoms with van der Waals surface area (Å²) in [6.07, 6.45) is 2.00. The standard InChI is InChI=1S/C25H18F3N5/c1-14-8-18(10-21(32-14)23(27)28)25(19-6-3-7-20(26)22(19)24(29)33-25)17-5-2-4-15(9-17)16-11-30-13-31-12-16/h2-13,23H,1H3,(H2,29,33). The maximum atomic E-state index is 14.8. The van der Waals surface area contributed by atoms with Crippen molar-refractivity contribution in [2.24, 2.45) is 10.7 Å². The molecule has 2 N–H and O–H groups in total. The monoisotopic (exact) mass is 445 g/mol. The Kier molecular flexibility index (Phi) is 4.92. The fourth-order valence-electron chi connectivity index (χ4n) is 4.38. The maximum Gasteiger partial charge on any atom is 0.280 e. The number of nitrogens with zero attached hydrogens (tertiary/aromatic N) is 4. The fraction of sp³-hybridized carbons (Fsp3) is 0.120. The van der Waals surface area contributed by atoms with Crippen molar-refractivity contribution < 1.29 is 13.2 Å². The molecule has 0 bridgehead atoms. The van der Waals surface area contributed by atoms with E-state index in [0.717, 1.165) is 11.1 Å². The Balaban J connectivity index is 1.84. The second-order valence-electron chi connectivity index (χ2n) is 7.80. The minimum absolute atomic E-state index is 0.00427. The highest BCUT2D eigenvalue weighted by Crippen LogP contribution is 2.47. The predicted octanol–water partition coefficient (Wildman–Crippen LogP) is 4.93. The normalized spacial score (nSPS) is 17.2. The minimum Gasteiger partial charge on any atom is -0.383 e. The molecular weight excluding hydrogens is 427 g/mol. The van der Waals surface area contributed by atoms with Crippen LogP contribution < -0.4 is 5.73 Å². The average molecular weight is 445 g/mol.